The molecule has 4 rings (SSSR count). The third-order valence-electron chi connectivity index (χ3n) is 4.81. The van der Waals surface area contributed by atoms with E-state index in [9.17, 15) is 9.59 Å². The molecule has 3 aromatic rings. The van der Waals surface area contributed by atoms with Crippen LogP contribution in [0.15, 0.2) is 29.1 Å². The highest BCUT2D eigenvalue weighted by Gasteiger charge is 2.23. The molecule has 25 heavy (non-hydrogen) atoms. The van der Waals surface area contributed by atoms with Crippen molar-refractivity contribution >= 4 is 16.8 Å². The molecule has 1 aromatic carbocycles. The second-order valence-corrected chi connectivity index (χ2v) is 6.46. The predicted molar refractivity (Wildman–Crippen MR) is 92.4 cm³/mol. The number of benzene rings is 1. The fourth-order valence-electron chi connectivity index (χ4n) is 3.48. The van der Waals surface area contributed by atoms with Crippen molar-refractivity contribution in [1.29, 1.82) is 0 Å². The standard InChI is InChI=1S/C17H20N6O2/c1-21-13-6-4-3-5-12(13)15(20-21)16(24)18-11-7-8-14-19-22(2)17(25)23(14)10-9-11/h3-6,11H,7-10H2,1-2H3,(H,18,24). The summed E-state index contributed by atoms with van der Waals surface area (Å²) in [5, 5.41) is 12.6. The fourth-order valence-corrected chi connectivity index (χ4v) is 3.48. The van der Waals surface area contributed by atoms with Gasteiger partial charge < -0.3 is 5.32 Å². The molecule has 1 aliphatic rings. The van der Waals surface area contributed by atoms with Gasteiger partial charge in [0.25, 0.3) is 5.91 Å². The van der Waals surface area contributed by atoms with Crippen molar-refractivity contribution in [2.75, 3.05) is 0 Å². The lowest BCUT2D eigenvalue weighted by Crippen LogP contribution is -2.36. The maximum atomic E-state index is 12.7. The number of fused-ring (bicyclic) bond motifs is 2. The van der Waals surface area contributed by atoms with E-state index in [0.29, 0.717) is 25.1 Å². The summed E-state index contributed by atoms with van der Waals surface area (Å²) >= 11 is 0. The predicted octanol–water partition coefficient (Wildman–Crippen LogP) is 0.603. The summed E-state index contributed by atoms with van der Waals surface area (Å²) in [6.45, 7) is 0.565. The first-order valence-electron chi connectivity index (χ1n) is 8.40. The van der Waals surface area contributed by atoms with Gasteiger partial charge in [-0.1, -0.05) is 18.2 Å². The quantitative estimate of drug-likeness (QED) is 0.740. The van der Waals surface area contributed by atoms with Crippen molar-refractivity contribution in [3.05, 3.63) is 46.3 Å². The van der Waals surface area contributed by atoms with Crippen LogP contribution in [0.25, 0.3) is 10.9 Å². The zero-order valence-electron chi connectivity index (χ0n) is 14.3. The normalized spacial score (nSPS) is 17.3. The first kappa shape index (κ1) is 15.6. The van der Waals surface area contributed by atoms with Gasteiger partial charge in [0.05, 0.1) is 5.52 Å². The SMILES string of the molecule is Cn1nc2n(c1=O)CCC(NC(=O)c1nn(C)c3ccccc13)CC2. The summed E-state index contributed by atoms with van der Waals surface area (Å²) in [6, 6.07) is 7.68. The van der Waals surface area contributed by atoms with Gasteiger partial charge in [0, 0.05) is 38.5 Å². The van der Waals surface area contributed by atoms with E-state index in [-0.39, 0.29) is 17.6 Å². The molecule has 1 atom stereocenters. The largest absolute Gasteiger partial charge is 0.348 e. The highest BCUT2D eigenvalue weighted by atomic mass is 16.2. The Balaban J connectivity index is 1.53. The molecule has 0 bridgehead atoms. The molecule has 3 heterocycles. The van der Waals surface area contributed by atoms with Crippen LogP contribution in [0, 0.1) is 0 Å². The molecule has 1 N–H and O–H groups in total. The van der Waals surface area contributed by atoms with Gasteiger partial charge in [-0.2, -0.15) is 10.2 Å². The van der Waals surface area contributed by atoms with Crippen LogP contribution in [0.1, 0.15) is 29.2 Å². The van der Waals surface area contributed by atoms with E-state index in [4.69, 9.17) is 0 Å². The highest BCUT2D eigenvalue weighted by molar-refractivity contribution is 6.04. The van der Waals surface area contributed by atoms with Crippen molar-refractivity contribution in [1.82, 2.24) is 29.4 Å². The number of aromatic nitrogens is 5. The number of hydrogen-bond acceptors (Lipinski definition) is 4. The number of aryl methyl sites for hydroxylation is 3. The molecule has 130 valence electrons. The number of hydrogen-bond donors (Lipinski definition) is 1. The van der Waals surface area contributed by atoms with Gasteiger partial charge >= 0.3 is 5.69 Å². The minimum absolute atomic E-state index is 0.000301. The lowest BCUT2D eigenvalue weighted by molar-refractivity contribution is 0.0928. The van der Waals surface area contributed by atoms with Crippen LogP contribution < -0.4 is 11.0 Å². The molecule has 0 aliphatic carbocycles. The van der Waals surface area contributed by atoms with E-state index in [0.717, 1.165) is 23.1 Å². The number of nitrogens with zero attached hydrogens (tertiary/aromatic N) is 5. The van der Waals surface area contributed by atoms with Gasteiger partial charge in [0.2, 0.25) is 0 Å². The van der Waals surface area contributed by atoms with Crippen molar-refractivity contribution in [3.63, 3.8) is 0 Å². The highest BCUT2D eigenvalue weighted by Crippen LogP contribution is 2.18. The molecule has 2 aromatic heterocycles. The first-order chi connectivity index (χ1) is 12.0. The number of nitrogens with one attached hydrogen (secondary N) is 1. The third-order valence-corrected chi connectivity index (χ3v) is 4.81. The number of amides is 1. The molecule has 1 aliphatic heterocycles. The van der Waals surface area contributed by atoms with Crippen LogP contribution in [0.5, 0.6) is 0 Å². The van der Waals surface area contributed by atoms with Crippen molar-refractivity contribution < 1.29 is 4.79 Å². The number of para-hydroxylation sites is 1. The Labute approximate surface area is 144 Å². The zero-order valence-corrected chi connectivity index (χ0v) is 14.3. The molecule has 8 nitrogen and oxygen atoms in total. The lowest BCUT2D eigenvalue weighted by atomic mass is 10.1. The molecular formula is C17H20N6O2. The average molecular weight is 340 g/mol. The topological polar surface area (TPSA) is 86.7 Å². The van der Waals surface area contributed by atoms with E-state index in [1.165, 1.54) is 4.68 Å². The second kappa shape index (κ2) is 5.87. The summed E-state index contributed by atoms with van der Waals surface area (Å²) in [5.41, 5.74) is 1.27. The Morgan fingerprint density at radius 2 is 1.96 bits per heavy atom. The summed E-state index contributed by atoms with van der Waals surface area (Å²) < 4.78 is 4.78. The summed E-state index contributed by atoms with van der Waals surface area (Å²) in [5.74, 6) is 0.613. The van der Waals surface area contributed by atoms with Gasteiger partial charge in [-0.05, 0) is 18.9 Å². The van der Waals surface area contributed by atoms with Crippen molar-refractivity contribution in [2.24, 2.45) is 14.1 Å². The molecule has 0 saturated heterocycles. The smallest absolute Gasteiger partial charge is 0.345 e. The van der Waals surface area contributed by atoms with E-state index >= 15 is 0 Å². The Bertz CT molecular complexity index is 1010. The molecule has 8 heteroatoms. The molecule has 1 amide bonds. The molecule has 0 spiro atoms. The van der Waals surface area contributed by atoms with Gasteiger partial charge in [0.1, 0.15) is 5.82 Å². The minimum Gasteiger partial charge on any atom is -0.348 e. The summed E-state index contributed by atoms with van der Waals surface area (Å²) in [6.07, 6.45) is 2.13. The molecule has 0 saturated carbocycles. The Kier molecular flexibility index (Phi) is 3.67. The third kappa shape index (κ3) is 2.63. The van der Waals surface area contributed by atoms with E-state index in [1.807, 2.05) is 31.3 Å². The summed E-state index contributed by atoms with van der Waals surface area (Å²) in [7, 11) is 3.49. The van der Waals surface area contributed by atoms with Crippen molar-refractivity contribution in [3.8, 4) is 0 Å². The Hall–Kier alpha value is -2.90. The monoisotopic (exact) mass is 340 g/mol. The van der Waals surface area contributed by atoms with Gasteiger partial charge in [-0.3, -0.25) is 14.0 Å². The van der Waals surface area contributed by atoms with Gasteiger partial charge in [0.15, 0.2) is 5.69 Å². The minimum atomic E-state index is -0.172. The van der Waals surface area contributed by atoms with Crippen LogP contribution in [-0.2, 0) is 27.1 Å². The van der Waals surface area contributed by atoms with Gasteiger partial charge in [-0.15, -0.1) is 0 Å². The molecule has 0 radical (unpaired) electrons. The maximum absolute atomic E-state index is 12.7. The van der Waals surface area contributed by atoms with Crippen LogP contribution >= 0.6 is 0 Å². The van der Waals surface area contributed by atoms with Crippen LogP contribution in [0.4, 0.5) is 0 Å². The van der Waals surface area contributed by atoms with Gasteiger partial charge in [-0.25, -0.2) is 9.48 Å². The number of carbonyl (C=O) groups is 1. The lowest BCUT2D eigenvalue weighted by Gasteiger charge is -2.15. The number of carbonyl (C=O) groups excluding carboxylic acids is 1. The number of rotatable bonds is 2. The van der Waals surface area contributed by atoms with E-state index in [1.54, 1.807) is 16.3 Å². The van der Waals surface area contributed by atoms with Crippen LogP contribution in [0.2, 0.25) is 0 Å². The van der Waals surface area contributed by atoms with E-state index < -0.39 is 0 Å². The Morgan fingerprint density at radius 3 is 2.80 bits per heavy atom. The average Bonchev–Trinajstić information content (AvgIpc) is 2.99. The van der Waals surface area contributed by atoms with E-state index in [2.05, 4.69) is 15.5 Å². The second-order valence-electron chi connectivity index (χ2n) is 6.46. The van der Waals surface area contributed by atoms with Crippen LogP contribution in [0.3, 0.4) is 0 Å². The zero-order chi connectivity index (χ0) is 17.6. The summed E-state index contributed by atoms with van der Waals surface area (Å²) in [4.78, 5) is 24.7. The molecular weight excluding hydrogens is 320 g/mol. The van der Waals surface area contributed by atoms with Crippen LogP contribution in [-0.4, -0.2) is 36.1 Å². The molecule has 1 unspecified atom stereocenters. The Morgan fingerprint density at radius 1 is 1.16 bits per heavy atom. The van der Waals surface area contributed by atoms with Crippen molar-refractivity contribution in [2.45, 2.75) is 31.8 Å². The first-order valence-corrected chi connectivity index (χ1v) is 8.40. The maximum Gasteiger partial charge on any atom is 0.345 e. The molecule has 0 fully saturated rings. The fraction of sp³-hybridized carbons (Fsp3) is 0.412.